The first-order valence-corrected chi connectivity index (χ1v) is 25.1. The van der Waals surface area contributed by atoms with Crippen LogP contribution in [-0.4, -0.2) is 153 Å². The lowest BCUT2D eigenvalue weighted by atomic mass is 9.88. The normalized spacial score (nSPS) is 17.8. The van der Waals surface area contributed by atoms with Crippen molar-refractivity contribution in [3.8, 4) is 0 Å². The molecule has 17 nitrogen and oxygen atoms in total. The lowest BCUT2D eigenvalue weighted by Gasteiger charge is -2.33. The number of unbranched alkanes of at least 4 members (excludes halogenated alkanes) is 1. The predicted molar refractivity (Wildman–Crippen MR) is 263 cm³/mol. The number of piperidine rings is 3. The second-order valence-corrected chi connectivity index (χ2v) is 18.3. The summed E-state index contributed by atoms with van der Waals surface area (Å²) >= 11 is 0. The summed E-state index contributed by atoms with van der Waals surface area (Å²) < 4.78 is 22.6. The third-order valence-corrected chi connectivity index (χ3v) is 13.5. The second-order valence-electron chi connectivity index (χ2n) is 18.3. The Hall–Kier alpha value is -6.01. The van der Waals surface area contributed by atoms with E-state index in [2.05, 4.69) is 33.1 Å². The van der Waals surface area contributed by atoms with Gasteiger partial charge < -0.3 is 44.3 Å². The summed E-state index contributed by atoms with van der Waals surface area (Å²) in [5.74, 6) is 0.113. The van der Waals surface area contributed by atoms with E-state index in [0.717, 1.165) is 80.4 Å². The zero-order valence-electron chi connectivity index (χ0n) is 40.3. The molecule has 7 rings (SSSR count). The van der Waals surface area contributed by atoms with Gasteiger partial charge in [0.25, 0.3) is 11.8 Å². The van der Waals surface area contributed by atoms with Crippen LogP contribution in [0, 0.1) is 5.92 Å². The number of amides is 6. The van der Waals surface area contributed by atoms with Gasteiger partial charge in [0.1, 0.15) is 6.04 Å². The lowest BCUT2D eigenvalue weighted by Crippen LogP contribution is -2.52. The van der Waals surface area contributed by atoms with Crippen molar-refractivity contribution in [1.29, 1.82) is 0 Å². The van der Waals surface area contributed by atoms with Crippen molar-refractivity contribution in [2.45, 2.75) is 82.7 Å². The Morgan fingerprint density at radius 2 is 1.44 bits per heavy atom. The number of carbonyl (C=O) groups is 6. The number of imide groups is 1. The second kappa shape index (κ2) is 27.4. The molecular formula is C53H69N7O10. The van der Waals surface area contributed by atoms with Gasteiger partial charge >= 0.3 is 0 Å². The van der Waals surface area contributed by atoms with Crippen molar-refractivity contribution in [1.82, 2.24) is 30.3 Å². The summed E-state index contributed by atoms with van der Waals surface area (Å²) in [5, 5.41) is 8.62. The smallest absolute Gasteiger partial charge is 0.255 e. The van der Waals surface area contributed by atoms with Crippen LogP contribution in [0.1, 0.15) is 108 Å². The first-order valence-electron chi connectivity index (χ1n) is 25.1. The first kappa shape index (κ1) is 51.8. The van der Waals surface area contributed by atoms with E-state index in [-0.39, 0.29) is 36.0 Å². The average Bonchev–Trinajstić information content (AvgIpc) is 3.72. The molecule has 5 heterocycles. The average molecular weight is 964 g/mol. The van der Waals surface area contributed by atoms with Gasteiger partial charge in [-0.2, -0.15) is 0 Å². The predicted octanol–water partition coefficient (Wildman–Crippen LogP) is 4.97. The van der Waals surface area contributed by atoms with Gasteiger partial charge in [-0.25, -0.2) is 0 Å². The standard InChI is InChI=1S/C53H69N7O10/c61-48(15-9-40-6-4-22-54-37-40)56-23-2-1-5-39-17-25-59(26-18-39)52(65)43-12-10-41(11-13-43)42-19-27-58(28-20-42)50(63)21-29-67-31-33-69-35-36-70-34-32-68-30-24-55-46-8-3-7-44-45(46)38-60(53(44)66)47-14-16-49(62)57-51(47)64/h3-4,6-13,15,22,37,39,42,47,55H,1-2,5,14,16-21,23-36,38H2,(H,56,61)(H,57,62,64)/b15-9+. The first-order chi connectivity index (χ1) is 34.2. The molecule has 0 saturated carbocycles. The lowest BCUT2D eigenvalue weighted by molar-refractivity contribution is -0.137. The fraction of sp³-hybridized carbons (Fsp3) is 0.528. The molecule has 3 aromatic rings. The quantitative estimate of drug-likeness (QED) is 0.0556. The molecule has 3 saturated heterocycles. The Labute approximate surface area is 411 Å². The van der Waals surface area contributed by atoms with Crippen LogP contribution in [0.15, 0.2) is 73.1 Å². The maximum atomic E-state index is 13.3. The van der Waals surface area contributed by atoms with Crippen LogP contribution in [0.25, 0.3) is 6.08 Å². The summed E-state index contributed by atoms with van der Waals surface area (Å²) in [6.07, 6.45) is 14.5. The highest BCUT2D eigenvalue weighted by atomic mass is 16.6. The number of aromatic nitrogens is 1. The van der Waals surface area contributed by atoms with E-state index in [9.17, 15) is 28.8 Å². The van der Waals surface area contributed by atoms with Gasteiger partial charge in [-0.05, 0) is 97.9 Å². The van der Waals surface area contributed by atoms with E-state index in [4.69, 9.17) is 18.9 Å². The molecule has 0 aliphatic carbocycles. The summed E-state index contributed by atoms with van der Waals surface area (Å²) in [6.45, 7) is 7.71. The van der Waals surface area contributed by atoms with Crippen molar-refractivity contribution in [2.75, 3.05) is 97.4 Å². The van der Waals surface area contributed by atoms with Crippen molar-refractivity contribution in [2.24, 2.45) is 5.92 Å². The number of hydrogen-bond acceptors (Lipinski definition) is 12. The molecule has 0 radical (unpaired) electrons. The molecule has 4 aliphatic heterocycles. The minimum Gasteiger partial charge on any atom is -0.382 e. The number of benzene rings is 2. The molecule has 70 heavy (non-hydrogen) atoms. The van der Waals surface area contributed by atoms with Crippen LogP contribution >= 0.6 is 0 Å². The summed E-state index contributed by atoms with van der Waals surface area (Å²) in [7, 11) is 0. The Bertz CT molecular complexity index is 2230. The molecule has 17 heteroatoms. The summed E-state index contributed by atoms with van der Waals surface area (Å²) in [5.41, 5.74) is 5.05. The number of hydrogen-bond donors (Lipinski definition) is 3. The molecule has 3 N–H and O–H groups in total. The van der Waals surface area contributed by atoms with Crippen molar-refractivity contribution < 1.29 is 47.7 Å². The van der Waals surface area contributed by atoms with E-state index in [1.165, 1.54) is 5.56 Å². The fourth-order valence-corrected chi connectivity index (χ4v) is 9.53. The van der Waals surface area contributed by atoms with Gasteiger partial charge in [-0.3, -0.25) is 39.1 Å². The molecule has 0 bridgehead atoms. The largest absolute Gasteiger partial charge is 0.382 e. The monoisotopic (exact) mass is 964 g/mol. The molecule has 6 amide bonds. The minimum absolute atomic E-state index is 0.0920. The molecule has 376 valence electrons. The molecule has 1 atom stereocenters. The maximum Gasteiger partial charge on any atom is 0.255 e. The van der Waals surface area contributed by atoms with Gasteiger partial charge in [-0.1, -0.05) is 37.1 Å². The number of nitrogens with zero attached hydrogens (tertiary/aromatic N) is 4. The van der Waals surface area contributed by atoms with Crippen LogP contribution in [-0.2, 0) is 44.7 Å². The zero-order chi connectivity index (χ0) is 48.9. The number of rotatable bonds is 26. The highest BCUT2D eigenvalue weighted by Crippen LogP contribution is 2.33. The third kappa shape index (κ3) is 15.5. The van der Waals surface area contributed by atoms with E-state index in [1.54, 1.807) is 35.5 Å². The van der Waals surface area contributed by atoms with Gasteiger partial charge in [0.05, 0.1) is 59.3 Å². The summed E-state index contributed by atoms with van der Waals surface area (Å²) in [6, 6.07) is 16.7. The van der Waals surface area contributed by atoms with E-state index in [0.29, 0.717) is 116 Å². The number of nitrogens with one attached hydrogen (secondary N) is 3. The number of carbonyl (C=O) groups excluding carboxylic acids is 6. The van der Waals surface area contributed by atoms with E-state index < -0.39 is 11.9 Å². The SMILES string of the molecule is O=C(/C=C/c1cccnc1)NCCCCC1CCN(C(=O)c2ccc(C3CCN(C(=O)CCOCCOCCOCCOCCNc4cccc5c4CN(C4CCC(=O)NC4=O)C5=O)CC3)cc2)CC1. The zero-order valence-corrected chi connectivity index (χ0v) is 40.3. The molecule has 1 unspecified atom stereocenters. The van der Waals surface area contributed by atoms with Crippen LogP contribution in [0.3, 0.4) is 0 Å². The molecule has 0 spiro atoms. The Kier molecular flexibility index (Phi) is 20.3. The maximum absolute atomic E-state index is 13.3. The van der Waals surface area contributed by atoms with Crippen LogP contribution in [0.2, 0.25) is 0 Å². The number of ether oxygens (including phenoxy) is 4. The topological polar surface area (TPSA) is 198 Å². The van der Waals surface area contributed by atoms with Crippen LogP contribution in [0.5, 0.6) is 0 Å². The molecular weight excluding hydrogens is 895 g/mol. The minimum atomic E-state index is -0.651. The highest BCUT2D eigenvalue weighted by Gasteiger charge is 2.40. The molecule has 3 fully saturated rings. The van der Waals surface area contributed by atoms with Gasteiger partial charge in [0, 0.05) is 93.1 Å². The van der Waals surface area contributed by atoms with Crippen molar-refractivity contribution >= 4 is 47.2 Å². The van der Waals surface area contributed by atoms with Crippen LogP contribution in [0.4, 0.5) is 5.69 Å². The highest BCUT2D eigenvalue weighted by molar-refractivity contribution is 6.06. The number of likely N-dealkylation sites (tertiary alicyclic amines) is 2. The van der Waals surface area contributed by atoms with Gasteiger partial charge in [0.2, 0.25) is 23.6 Å². The summed E-state index contributed by atoms with van der Waals surface area (Å²) in [4.78, 5) is 84.8. The van der Waals surface area contributed by atoms with E-state index in [1.807, 2.05) is 46.2 Å². The Morgan fingerprint density at radius 3 is 2.14 bits per heavy atom. The van der Waals surface area contributed by atoms with Crippen molar-refractivity contribution in [3.05, 3.63) is 101 Å². The van der Waals surface area contributed by atoms with Gasteiger partial charge in [0.15, 0.2) is 0 Å². The third-order valence-electron chi connectivity index (χ3n) is 13.5. The van der Waals surface area contributed by atoms with Crippen molar-refractivity contribution in [3.63, 3.8) is 0 Å². The number of anilines is 1. The molecule has 1 aromatic heterocycles. The fourth-order valence-electron chi connectivity index (χ4n) is 9.53. The molecule has 2 aromatic carbocycles. The Morgan fingerprint density at radius 1 is 0.743 bits per heavy atom. The van der Waals surface area contributed by atoms with Crippen LogP contribution < -0.4 is 16.0 Å². The van der Waals surface area contributed by atoms with Gasteiger partial charge in [-0.15, -0.1) is 0 Å². The number of pyridine rings is 1. The number of fused-ring (bicyclic) bond motifs is 1. The van der Waals surface area contributed by atoms with E-state index >= 15 is 0 Å². The molecule has 4 aliphatic rings. The Balaban J connectivity index is 0.650.